The van der Waals surface area contributed by atoms with E-state index < -0.39 is 6.16 Å². The predicted molar refractivity (Wildman–Crippen MR) is 116 cm³/mol. The maximum atomic E-state index is 12.1. The Morgan fingerprint density at radius 2 is 1.55 bits per heavy atom. The van der Waals surface area contributed by atoms with Crippen molar-refractivity contribution in [3.05, 3.63) is 65.7 Å². The summed E-state index contributed by atoms with van der Waals surface area (Å²) in [5.74, 6) is 0.581. The Morgan fingerprint density at radius 1 is 0.903 bits per heavy atom. The van der Waals surface area contributed by atoms with Gasteiger partial charge in [-0.3, -0.25) is 9.59 Å². The first-order valence-electron chi connectivity index (χ1n) is 9.84. The molecule has 0 atom stereocenters. The van der Waals surface area contributed by atoms with E-state index in [1.807, 2.05) is 24.3 Å². The van der Waals surface area contributed by atoms with Crippen LogP contribution in [0.15, 0.2) is 54.6 Å². The van der Waals surface area contributed by atoms with E-state index in [0.717, 1.165) is 11.3 Å². The second kappa shape index (κ2) is 12.7. The highest BCUT2D eigenvalue weighted by molar-refractivity contribution is 5.94. The number of benzene rings is 2. The van der Waals surface area contributed by atoms with Crippen LogP contribution in [0.2, 0.25) is 0 Å². The van der Waals surface area contributed by atoms with Crippen LogP contribution in [0, 0.1) is 0 Å². The molecule has 0 heterocycles. The summed E-state index contributed by atoms with van der Waals surface area (Å²) in [4.78, 5) is 35.2. The van der Waals surface area contributed by atoms with Gasteiger partial charge in [0.1, 0.15) is 11.5 Å². The summed E-state index contributed by atoms with van der Waals surface area (Å²) in [6.07, 6.45) is 2.96. The standard InChI is InChI=1S/C23H26N2O6/c1-3-30-23(28)31-20-12-8-18(9-13-20)22(27)25-16-4-15-24-21(26)14-7-17-5-10-19(29-2)11-6-17/h5-14H,3-4,15-16H2,1-2H3,(H,24,26)(H,25,27)/b14-7+. The summed E-state index contributed by atoms with van der Waals surface area (Å²) in [7, 11) is 1.60. The number of amides is 2. The first kappa shape index (κ1) is 23.5. The zero-order valence-corrected chi connectivity index (χ0v) is 17.6. The summed E-state index contributed by atoms with van der Waals surface area (Å²) in [6, 6.07) is 13.5. The largest absolute Gasteiger partial charge is 0.513 e. The van der Waals surface area contributed by atoms with Gasteiger partial charge in [0.15, 0.2) is 0 Å². The monoisotopic (exact) mass is 426 g/mol. The summed E-state index contributed by atoms with van der Waals surface area (Å²) in [5.41, 5.74) is 1.32. The van der Waals surface area contributed by atoms with Crippen LogP contribution in [0.3, 0.4) is 0 Å². The second-order valence-corrected chi connectivity index (χ2v) is 6.32. The number of carbonyl (C=O) groups excluding carboxylic acids is 3. The van der Waals surface area contributed by atoms with Gasteiger partial charge in [-0.15, -0.1) is 0 Å². The van der Waals surface area contributed by atoms with Crippen LogP contribution in [0.5, 0.6) is 11.5 Å². The minimum absolute atomic E-state index is 0.209. The van der Waals surface area contributed by atoms with E-state index in [1.54, 1.807) is 32.2 Å². The van der Waals surface area contributed by atoms with E-state index in [9.17, 15) is 14.4 Å². The Morgan fingerprint density at radius 3 is 2.19 bits per heavy atom. The molecule has 31 heavy (non-hydrogen) atoms. The molecule has 0 bridgehead atoms. The van der Waals surface area contributed by atoms with Gasteiger partial charge in [0, 0.05) is 24.7 Å². The van der Waals surface area contributed by atoms with Gasteiger partial charge in [0.05, 0.1) is 13.7 Å². The molecule has 2 N–H and O–H groups in total. The summed E-state index contributed by atoms with van der Waals surface area (Å²) in [6.45, 7) is 2.74. The topological polar surface area (TPSA) is 103 Å². The Balaban J connectivity index is 1.65. The highest BCUT2D eigenvalue weighted by Crippen LogP contribution is 2.13. The molecule has 0 fully saturated rings. The maximum absolute atomic E-state index is 12.1. The van der Waals surface area contributed by atoms with Crippen LogP contribution in [-0.2, 0) is 9.53 Å². The average molecular weight is 426 g/mol. The molecule has 2 amide bonds. The molecule has 0 aliphatic rings. The summed E-state index contributed by atoms with van der Waals surface area (Å²) < 4.78 is 14.7. The highest BCUT2D eigenvalue weighted by Gasteiger charge is 2.08. The van der Waals surface area contributed by atoms with Crippen LogP contribution in [0.4, 0.5) is 4.79 Å². The fourth-order valence-corrected chi connectivity index (χ4v) is 2.47. The molecule has 0 aromatic heterocycles. The lowest BCUT2D eigenvalue weighted by atomic mass is 10.2. The van der Waals surface area contributed by atoms with E-state index in [1.165, 1.54) is 18.2 Å². The van der Waals surface area contributed by atoms with Gasteiger partial charge in [-0.2, -0.15) is 0 Å². The van der Waals surface area contributed by atoms with Crippen LogP contribution in [0.1, 0.15) is 29.3 Å². The van der Waals surface area contributed by atoms with Crippen molar-refractivity contribution in [3.8, 4) is 11.5 Å². The number of methoxy groups -OCH3 is 1. The zero-order chi connectivity index (χ0) is 22.5. The van der Waals surface area contributed by atoms with Crippen LogP contribution >= 0.6 is 0 Å². The molecular weight excluding hydrogens is 400 g/mol. The SMILES string of the molecule is CCOC(=O)Oc1ccc(C(=O)NCCCNC(=O)/C=C/c2ccc(OC)cc2)cc1. The van der Waals surface area contributed by atoms with Gasteiger partial charge in [-0.05, 0) is 61.4 Å². The number of rotatable bonds is 10. The predicted octanol–water partition coefficient (Wildman–Crippen LogP) is 3.18. The summed E-state index contributed by atoms with van der Waals surface area (Å²) >= 11 is 0. The minimum atomic E-state index is -0.791. The lowest BCUT2D eigenvalue weighted by molar-refractivity contribution is -0.116. The average Bonchev–Trinajstić information content (AvgIpc) is 2.78. The van der Waals surface area contributed by atoms with Crippen molar-refractivity contribution < 1.29 is 28.6 Å². The smallest absolute Gasteiger partial charge is 0.497 e. The molecule has 0 unspecified atom stereocenters. The van der Waals surface area contributed by atoms with E-state index >= 15 is 0 Å². The number of ether oxygens (including phenoxy) is 3. The molecule has 0 saturated carbocycles. The van der Waals surface area contributed by atoms with Crippen molar-refractivity contribution in [1.82, 2.24) is 10.6 Å². The Labute approximate surface area is 181 Å². The van der Waals surface area contributed by atoms with Crippen LogP contribution < -0.4 is 20.1 Å². The summed E-state index contributed by atoms with van der Waals surface area (Å²) in [5, 5.41) is 5.53. The van der Waals surface area contributed by atoms with Crippen molar-refractivity contribution in [2.24, 2.45) is 0 Å². The Kier molecular flexibility index (Phi) is 9.61. The lowest BCUT2D eigenvalue weighted by Crippen LogP contribution is -2.29. The van der Waals surface area contributed by atoms with Gasteiger partial charge in [-0.25, -0.2) is 4.79 Å². The quantitative estimate of drug-likeness (QED) is 0.262. The molecule has 8 nitrogen and oxygen atoms in total. The maximum Gasteiger partial charge on any atom is 0.513 e. The van der Waals surface area contributed by atoms with Gasteiger partial charge in [0.2, 0.25) is 5.91 Å². The van der Waals surface area contributed by atoms with E-state index in [0.29, 0.717) is 30.8 Å². The van der Waals surface area contributed by atoms with E-state index in [4.69, 9.17) is 9.47 Å². The van der Waals surface area contributed by atoms with Crippen molar-refractivity contribution in [2.45, 2.75) is 13.3 Å². The van der Waals surface area contributed by atoms with Crippen molar-refractivity contribution >= 4 is 24.0 Å². The highest BCUT2D eigenvalue weighted by atomic mass is 16.7. The molecule has 8 heteroatoms. The fraction of sp³-hybridized carbons (Fsp3) is 0.261. The van der Waals surface area contributed by atoms with Crippen LogP contribution in [0.25, 0.3) is 6.08 Å². The van der Waals surface area contributed by atoms with Gasteiger partial charge >= 0.3 is 6.16 Å². The molecule has 164 valence electrons. The Hall–Kier alpha value is -3.81. The molecule has 2 aromatic rings. The molecule has 2 aromatic carbocycles. The van der Waals surface area contributed by atoms with Crippen molar-refractivity contribution in [1.29, 1.82) is 0 Å². The molecule has 0 aliphatic carbocycles. The third kappa shape index (κ3) is 8.61. The first-order valence-corrected chi connectivity index (χ1v) is 9.84. The number of carbonyl (C=O) groups is 3. The number of hydrogen-bond acceptors (Lipinski definition) is 6. The zero-order valence-electron chi connectivity index (χ0n) is 17.6. The third-order valence-corrected chi connectivity index (χ3v) is 4.06. The normalized spacial score (nSPS) is 10.4. The van der Waals surface area contributed by atoms with Gasteiger partial charge in [-0.1, -0.05) is 12.1 Å². The third-order valence-electron chi connectivity index (χ3n) is 4.06. The molecule has 0 aliphatic heterocycles. The van der Waals surface area contributed by atoms with Gasteiger partial charge < -0.3 is 24.8 Å². The van der Waals surface area contributed by atoms with Crippen LogP contribution in [-0.4, -0.2) is 44.8 Å². The number of nitrogens with one attached hydrogen (secondary N) is 2. The molecule has 0 radical (unpaired) electrons. The fourth-order valence-electron chi connectivity index (χ4n) is 2.47. The number of hydrogen-bond donors (Lipinski definition) is 2. The van der Waals surface area contributed by atoms with Crippen molar-refractivity contribution in [2.75, 3.05) is 26.8 Å². The lowest BCUT2D eigenvalue weighted by Gasteiger charge is -2.07. The first-order chi connectivity index (χ1) is 15.0. The molecular formula is C23H26N2O6. The molecule has 0 saturated heterocycles. The molecule has 0 spiro atoms. The van der Waals surface area contributed by atoms with E-state index in [2.05, 4.69) is 15.4 Å². The minimum Gasteiger partial charge on any atom is -0.497 e. The van der Waals surface area contributed by atoms with Crippen molar-refractivity contribution in [3.63, 3.8) is 0 Å². The Bertz CT molecular complexity index is 891. The van der Waals surface area contributed by atoms with E-state index in [-0.39, 0.29) is 18.4 Å². The molecule has 2 rings (SSSR count). The van der Waals surface area contributed by atoms with Gasteiger partial charge in [0.25, 0.3) is 5.91 Å². The second-order valence-electron chi connectivity index (χ2n) is 6.32.